The zero-order chi connectivity index (χ0) is 20.1. The van der Waals surface area contributed by atoms with Crippen LogP contribution in [0.2, 0.25) is 0 Å². The van der Waals surface area contributed by atoms with Crippen LogP contribution in [-0.2, 0) is 15.1 Å². The summed E-state index contributed by atoms with van der Waals surface area (Å²) >= 11 is 0. The van der Waals surface area contributed by atoms with Gasteiger partial charge in [0.1, 0.15) is 5.75 Å². The number of hydrogen-bond acceptors (Lipinski definition) is 5. The third-order valence-corrected chi connectivity index (χ3v) is 4.42. The van der Waals surface area contributed by atoms with Crippen molar-refractivity contribution in [2.45, 2.75) is 52.2 Å². The normalized spacial score (nSPS) is 12.1. The molecule has 1 N–H and O–H groups in total. The molecule has 7 nitrogen and oxygen atoms in total. The summed E-state index contributed by atoms with van der Waals surface area (Å²) in [5.41, 5.74) is 1.02. The van der Waals surface area contributed by atoms with E-state index in [1.165, 1.54) is 6.92 Å². The SMILES string of the molecule is COc1ccccc1-c1cnnn1C(C)(C)COC(C)(C)CCNC(C)=O. The number of rotatable bonds is 9. The van der Waals surface area contributed by atoms with Gasteiger partial charge in [-0.25, -0.2) is 4.68 Å². The maximum Gasteiger partial charge on any atom is 0.216 e. The maximum atomic E-state index is 11.0. The summed E-state index contributed by atoms with van der Waals surface area (Å²) in [7, 11) is 1.65. The summed E-state index contributed by atoms with van der Waals surface area (Å²) in [6.45, 7) is 10.7. The van der Waals surface area contributed by atoms with E-state index in [9.17, 15) is 4.79 Å². The van der Waals surface area contributed by atoms with Gasteiger partial charge < -0.3 is 14.8 Å². The molecule has 2 rings (SSSR count). The second kappa shape index (κ2) is 8.52. The molecule has 0 fully saturated rings. The maximum absolute atomic E-state index is 11.0. The third kappa shape index (κ3) is 5.53. The quantitative estimate of drug-likeness (QED) is 0.730. The van der Waals surface area contributed by atoms with Gasteiger partial charge in [0.25, 0.3) is 0 Å². The number of hydrogen-bond donors (Lipinski definition) is 1. The van der Waals surface area contributed by atoms with Crippen LogP contribution in [0, 0.1) is 0 Å². The van der Waals surface area contributed by atoms with Crippen molar-refractivity contribution in [2.75, 3.05) is 20.3 Å². The lowest BCUT2D eigenvalue weighted by Crippen LogP contribution is -2.39. The molecule has 0 bridgehead atoms. The number of methoxy groups -OCH3 is 1. The molecule has 0 aliphatic carbocycles. The van der Waals surface area contributed by atoms with Crippen LogP contribution in [0.25, 0.3) is 11.3 Å². The molecule has 7 heteroatoms. The smallest absolute Gasteiger partial charge is 0.216 e. The van der Waals surface area contributed by atoms with Crippen molar-refractivity contribution >= 4 is 5.91 Å². The van der Waals surface area contributed by atoms with E-state index in [0.29, 0.717) is 13.2 Å². The summed E-state index contributed by atoms with van der Waals surface area (Å²) in [6, 6.07) is 7.80. The second-order valence-electron chi connectivity index (χ2n) is 7.83. The Balaban J connectivity index is 2.14. The van der Waals surface area contributed by atoms with Crippen molar-refractivity contribution in [3.63, 3.8) is 0 Å². The zero-order valence-electron chi connectivity index (χ0n) is 17.1. The van der Waals surface area contributed by atoms with Crippen LogP contribution in [0.15, 0.2) is 30.5 Å². The zero-order valence-corrected chi connectivity index (χ0v) is 17.1. The van der Waals surface area contributed by atoms with Crippen LogP contribution in [-0.4, -0.2) is 46.8 Å². The Bertz CT molecular complexity index is 768. The Hall–Kier alpha value is -2.41. The van der Waals surface area contributed by atoms with E-state index in [-0.39, 0.29) is 11.5 Å². The number of aromatic nitrogens is 3. The van der Waals surface area contributed by atoms with Crippen molar-refractivity contribution in [2.24, 2.45) is 0 Å². The van der Waals surface area contributed by atoms with Crippen LogP contribution in [0.4, 0.5) is 0 Å². The Morgan fingerprint density at radius 1 is 1.22 bits per heavy atom. The van der Waals surface area contributed by atoms with Crippen LogP contribution in [0.1, 0.15) is 41.0 Å². The van der Waals surface area contributed by atoms with Crippen LogP contribution < -0.4 is 10.1 Å². The summed E-state index contributed by atoms with van der Waals surface area (Å²) < 4.78 is 13.5. The summed E-state index contributed by atoms with van der Waals surface area (Å²) in [6.07, 6.45) is 2.46. The first kappa shape index (κ1) is 20.9. The fourth-order valence-electron chi connectivity index (χ4n) is 2.77. The largest absolute Gasteiger partial charge is 0.496 e. The molecule has 0 atom stereocenters. The van der Waals surface area contributed by atoms with Gasteiger partial charge in [0.2, 0.25) is 5.91 Å². The van der Waals surface area contributed by atoms with E-state index >= 15 is 0 Å². The van der Waals surface area contributed by atoms with Gasteiger partial charge in [0.05, 0.1) is 36.7 Å². The Kier molecular flexibility index (Phi) is 6.59. The topological polar surface area (TPSA) is 78.3 Å². The molecule has 1 aromatic heterocycles. The molecule has 0 aliphatic heterocycles. The molecule has 148 valence electrons. The standard InChI is InChI=1S/C20H30N4O3/c1-15(25)21-12-11-20(4,5)27-14-19(2,3)24-17(13-22-23-24)16-9-7-8-10-18(16)26-6/h7-10,13H,11-12,14H2,1-6H3,(H,21,25). The van der Waals surface area contributed by atoms with Gasteiger partial charge in [-0.1, -0.05) is 17.3 Å². The van der Waals surface area contributed by atoms with E-state index in [2.05, 4.69) is 29.5 Å². The van der Waals surface area contributed by atoms with Crippen LogP contribution in [0.5, 0.6) is 5.75 Å². The predicted octanol–water partition coefficient (Wildman–Crippen LogP) is 3.01. The highest BCUT2D eigenvalue weighted by molar-refractivity contribution is 5.72. The molecule has 0 unspecified atom stereocenters. The van der Waals surface area contributed by atoms with Crippen molar-refractivity contribution in [1.29, 1.82) is 0 Å². The molecule has 27 heavy (non-hydrogen) atoms. The molecule has 0 saturated heterocycles. The first-order valence-electron chi connectivity index (χ1n) is 9.09. The molecule has 1 amide bonds. The number of carbonyl (C=O) groups is 1. The fraction of sp³-hybridized carbons (Fsp3) is 0.550. The van der Waals surface area contributed by atoms with E-state index in [4.69, 9.17) is 9.47 Å². The minimum atomic E-state index is -0.419. The molecular formula is C20H30N4O3. The highest BCUT2D eigenvalue weighted by Crippen LogP contribution is 2.32. The Morgan fingerprint density at radius 2 is 1.93 bits per heavy atom. The molecule has 0 aliphatic rings. The molecule has 2 aromatic rings. The first-order chi connectivity index (χ1) is 12.7. The van der Waals surface area contributed by atoms with Crippen LogP contribution >= 0.6 is 0 Å². The van der Waals surface area contributed by atoms with Gasteiger partial charge in [-0.3, -0.25) is 4.79 Å². The highest BCUT2D eigenvalue weighted by Gasteiger charge is 2.29. The number of nitrogens with zero attached hydrogens (tertiary/aromatic N) is 3. The summed E-state index contributed by atoms with van der Waals surface area (Å²) in [4.78, 5) is 11.0. The lowest BCUT2D eigenvalue weighted by Gasteiger charge is -2.33. The number of amides is 1. The van der Waals surface area contributed by atoms with E-state index in [0.717, 1.165) is 23.4 Å². The van der Waals surface area contributed by atoms with E-state index in [1.54, 1.807) is 13.3 Å². The lowest BCUT2D eigenvalue weighted by atomic mass is 10.0. The highest BCUT2D eigenvalue weighted by atomic mass is 16.5. The van der Waals surface area contributed by atoms with Gasteiger partial charge in [0, 0.05) is 19.0 Å². The molecule has 0 radical (unpaired) electrons. The predicted molar refractivity (Wildman–Crippen MR) is 105 cm³/mol. The van der Waals surface area contributed by atoms with Gasteiger partial charge in [-0.05, 0) is 46.2 Å². The van der Waals surface area contributed by atoms with Crippen molar-refractivity contribution < 1.29 is 14.3 Å². The first-order valence-corrected chi connectivity index (χ1v) is 9.09. The molecule has 1 aromatic carbocycles. The summed E-state index contributed by atoms with van der Waals surface area (Å²) in [5.74, 6) is 0.739. The summed E-state index contributed by atoms with van der Waals surface area (Å²) in [5, 5.41) is 11.2. The van der Waals surface area contributed by atoms with Crippen molar-refractivity contribution in [1.82, 2.24) is 20.3 Å². The number of carbonyl (C=O) groups excluding carboxylic acids is 1. The van der Waals surface area contributed by atoms with Crippen molar-refractivity contribution in [3.05, 3.63) is 30.5 Å². The molecule has 0 spiro atoms. The Morgan fingerprint density at radius 3 is 2.59 bits per heavy atom. The molecular weight excluding hydrogens is 344 g/mol. The average Bonchev–Trinajstić information content (AvgIpc) is 3.10. The van der Waals surface area contributed by atoms with Crippen molar-refractivity contribution in [3.8, 4) is 17.0 Å². The monoisotopic (exact) mass is 374 g/mol. The molecule has 1 heterocycles. The lowest BCUT2D eigenvalue weighted by molar-refractivity contribution is -0.119. The fourth-order valence-corrected chi connectivity index (χ4v) is 2.77. The van der Waals surface area contributed by atoms with Crippen LogP contribution in [0.3, 0.4) is 0 Å². The second-order valence-corrected chi connectivity index (χ2v) is 7.83. The average molecular weight is 374 g/mol. The number of ether oxygens (including phenoxy) is 2. The number of nitrogens with one attached hydrogen (secondary N) is 1. The minimum Gasteiger partial charge on any atom is -0.496 e. The number of para-hydroxylation sites is 1. The van der Waals surface area contributed by atoms with Gasteiger partial charge in [0.15, 0.2) is 0 Å². The van der Waals surface area contributed by atoms with Gasteiger partial charge in [-0.15, -0.1) is 5.10 Å². The third-order valence-electron chi connectivity index (χ3n) is 4.42. The minimum absolute atomic E-state index is 0.0322. The van der Waals surface area contributed by atoms with Gasteiger partial charge in [-0.2, -0.15) is 0 Å². The van der Waals surface area contributed by atoms with E-state index in [1.807, 2.05) is 42.8 Å². The molecule has 0 saturated carbocycles. The van der Waals surface area contributed by atoms with Gasteiger partial charge >= 0.3 is 0 Å². The Labute approximate surface area is 161 Å². The van der Waals surface area contributed by atoms with E-state index < -0.39 is 5.54 Å². The number of benzene rings is 1.